The number of hydrogen-bond donors (Lipinski definition) is 3. The molecule has 0 spiro atoms. The molecule has 0 radical (unpaired) electrons. The van der Waals surface area contributed by atoms with Crippen LogP contribution < -0.4 is 24.8 Å². The Morgan fingerprint density at radius 2 is 1.72 bits per heavy atom. The number of aromatic hydroxyl groups is 1. The van der Waals surface area contributed by atoms with Crippen LogP contribution in [0.25, 0.3) is 5.57 Å². The quantitative estimate of drug-likeness (QED) is 0.166. The summed E-state index contributed by atoms with van der Waals surface area (Å²) >= 11 is 6.95. The number of phenols is 1. The first-order valence-electron chi connectivity index (χ1n) is 15.3. The molecule has 0 fully saturated rings. The van der Waals surface area contributed by atoms with Gasteiger partial charge >= 0.3 is 11.9 Å². The van der Waals surface area contributed by atoms with Crippen LogP contribution in [0.5, 0.6) is 17.2 Å². The van der Waals surface area contributed by atoms with Gasteiger partial charge < -0.3 is 25.0 Å². The van der Waals surface area contributed by atoms with Gasteiger partial charge in [-0.15, -0.1) is 0 Å². The zero-order valence-corrected chi connectivity index (χ0v) is 26.9. The Balaban J connectivity index is 1.64. The van der Waals surface area contributed by atoms with E-state index in [1.54, 1.807) is 36.4 Å². The molecule has 0 aliphatic carbocycles. The van der Waals surface area contributed by atoms with Gasteiger partial charge in [-0.2, -0.15) is 0 Å². The molecule has 2 aliphatic rings. The minimum Gasteiger partial charge on any atom is -0.508 e. The van der Waals surface area contributed by atoms with E-state index in [0.29, 0.717) is 51.9 Å². The van der Waals surface area contributed by atoms with Crippen molar-refractivity contribution in [2.45, 2.75) is 51.5 Å². The minimum absolute atomic E-state index is 0.0776. The Hall–Kier alpha value is -4.82. The van der Waals surface area contributed by atoms with Crippen LogP contribution in [0, 0.1) is 0 Å². The number of nitrogens with zero attached hydrogens (tertiary/aromatic N) is 2. The van der Waals surface area contributed by atoms with Crippen LogP contribution in [-0.4, -0.2) is 46.4 Å². The number of rotatable bonds is 8. The minimum atomic E-state index is -1.04. The highest BCUT2D eigenvalue weighted by Crippen LogP contribution is 2.44. The molecule has 2 aliphatic heterocycles. The summed E-state index contributed by atoms with van der Waals surface area (Å²) in [7, 11) is 1.87. The van der Waals surface area contributed by atoms with Gasteiger partial charge in [-0.1, -0.05) is 36.7 Å². The first-order valence-corrected chi connectivity index (χ1v) is 15.7. The maximum absolute atomic E-state index is 12.5. The summed E-state index contributed by atoms with van der Waals surface area (Å²) in [6.07, 6.45) is 1.44. The molecule has 2 heterocycles. The van der Waals surface area contributed by atoms with Crippen LogP contribution in [0.3, 0.4) is 0 Å². The number of anilines is 2. The number of ether oxygens (including phenoxy) is 1. The third kappa shape index (κ3) is 5.58. The second kappa shape index (κ2) is 11.8. The molecule has 0 aromatic heterocycles. The van der Waals surface area contributed by atoms with Crippen molar-refractivity contribution in [1.82, 2.24) is 4.58 Å². The third-order valence-corrected chi connectivity index (χ3v) is 9.39. The second-order valence-electron chi connectivity index (χ2n) is 12.7. The Kier molecular flexibility index (Phi) is 8.02. The van der Waals surface area contributed by atoms with Gasteiger partial charge in [0.1, 0.15) is 23.8 Å². The molecule has 0 bridgehead atoms. The molecular weight excluding hydrogens is 604 g/mol. The lowest BCUT2D eigenvalue weighted by molar-refractivity contribution is -0.137. The van der Waals surface area contributed by atoms with Crippen molar-refractivity contribution in [2.24, 2.45) is 0 Å². The van der Waals surface area contributed by atoms with Crippen LogP contribution >= 0.6 is 11.6 Å². The van der Waals surface area contributed by atoms with Gasteiger partial charge in [0.05, 0.1) is 28.8 Å². The number of benzene rings is 4. The van der Waals surface area contributed by atoms with Gasteiger partial charge in [0, 0.05) is 53.6 Å². The average Bonchev–Trinajstić information content (AvgIpc) is 3.00. The lowest BCUT2D eigenvalue weighted by atomic mass is 9.81. The Bertz CT molecular complexity index is 2020. The first-order chi connectivity index (χ1) is 21.9. The topological polar surface area (TPSA) is 110 Å². The number of carboxylic acids is 2. The molecule has 0 amide bonds. The normalized spacial score (nSPS) is 16.2. The van der Waals surface area contributed by atoms with E-state index >= 15 is 0 Å². The first kappa shape index (κ1) is 31.2. The van der Waals surface area contributed by atoms with Crippen LogP contribution in [-0.2, 0) is 4.79 Å². The molecule has 8 nitrogen and oxygen atoms in total. The molecule has 1 atom stereocenters. The van der Waals surface area contributed by atoms with Crippen molar-refractivity contribution in [3.63, 3.8) is 0 Å². The molecule has 0 saturated carbocycles. The molecular formula is C37H36ClN2O6+. The Morgan fingerprint density at radius 1 is 1.00 bits per heavy atom. The molecule has 236 valence electrons. The van der Waals surface area contributed by atoms with E-state index < -0.39 is 11.9 Å². The summed E-state index contributed by atoms with van der Waals surface area (Å²) < 4.78 is 8.96. The monoisotopic (exact) mass is 639 g/mol. The number of aromatic carboxylic acids is 1. The molecule has 3 N–H and O–H groups in total. The van der Waals surface area contributed by atoms with Crippen molar-refractivity contribution in [3.8, 4) is 17.2 Å². The predicted octanol–water partition coefficient (Wildman–Crippen LogP) is 6.51. The number of carbonyl (C=O) groups is 2. The van der Waals surface area contributed by atoms with Gasteiger partial charge in [0.15, 0.2) is 5.54 Å². The van der Waals surface area contributed by atoms with Crippen LogP contribution in [0.2, 0.25) is 5.02 Å². The van der Waals surface area contributed by atoms with Crippen molar-refractivity contribution in [3.05, 3.63) is 111 Å². The van der Waals surface area contributed by atoms with E-state index in [1.807, 2.05) is 42.3 Å². The molecule has 9 heteroatoms. The van der Waals surface area contributed by atoms with E-state index in [0.717, 1.165) is 28.2 Å². The largest absolute Gasteiger partial charge is 0.508 e. The maximum atomic E-state index is 12.5. The van der Waals surface area contributed by atoms with Gasteiger partial charge in [-0.25, -0.2) is 9.37 Å². The molecule has 1 unspecified atom stereocenters. The summed E-state index contributed by atoms with van der Waals surface area (Å²) in [6, 6.07) is 21.5. The zero-order valence-electron chi connectivity index (χ0n) is 26.2. The molecule has 4 aromatic carbocycles. The van der Waals surface area contributed by atoms with Gasteiger partial charge in [-0.3, -0.25) is 4.79 Å². The van der Waals surface area contributed by atoms with Crippen molar-refractivity contribution < 1.29 is 29.6 Å². The van der Waals surface area contributed by atoms with Gasteiger partial charge in [-0.05, 0) is 67.8 Å². The summed E-state index contributed by atoms with van der Waals surface area (Å²) in [4.78, 5) is 25.7. The predicted molar refractivity (Wildman–Crippen MR) is 178 cm³/mol. The molecule has 46 heavy (non-hydrogen) atoms. The smallest absolute Gasteiger partial charge is 0.336 e. The van der Waals surface area contributed by atoms with E-state index in [1.165, 1.54) is 0 Å². The van der Waals surface area contributed by atoms with Crippen molar-refractivity contribution >= 4 is 40.5 Å². The fraction of sp³-hybridized carbons (Fsp3) is 0.270. The highest BCUT2D eigenvalue weighted by molar-refractivity contribution is 6.33. The van der Waals surface area contributed by atoms with Crippen molar-refractivity contribution in [1.29, 1.82) is 0 Å². The fourth-order valence-corrected chi connectivity index (χ4v) is 7.23. The lowest BCUT2D eigenvalue weighted by Crippen LogP contribution is -2.53. The summed E-state index contributed by atoms with van der Waals surface area (Å²) in [6.45, 7) is 7.12. The van der Waals surface area contributed by atoms with Crippen molar-refractivity contribution in [2.75, 3.05) is 18.5 Å². The summed E-state index contributed by atoms with van der Waals surface area (Å²) in [5.74, 6) is -0.415. The van der Waals surface area contributed by atoms with Gasteiger partial charge in [0.25, 0.3) is 0 Å². The average molecular weight is 640 g/mol. The van der Waals surface area contributed by atoms with E-state index in [9.17, 15) is 24.9 Å². The van der Waals surface area contributed by atoms with E-state index in [4.69, 9.17) is 16.3 Å². The number of halogens is 1. The van der Waals surface area contributed by atoms with E-state index in [-0.39, 0.29) is 29.2 Å². The second-order valence-corrected chi connectivity index (χ2v) is 13.1. The number of phenolic OH excluding ortho intramolecular Hbond substituents is 1. The SMILES string of the molecule is CC1CC(C)(C)[N+](CCCC(=O)O)=c2cc3c(cc21)=C(c1ccccc1C(=O)O)c1cc(Cl)c(N(C)c2ccc(O)cc2)cc1O3. The molecule has 0 saturated heterocycles. The van der Waals surface area contributed by atoms with Crippen LogP contribution in [0.1, 0.15) is 73.0 Å². The molecule has 6 rings (SSSR count). The Labute approximate surface area is 272 Å². The van der Waals surface area contributed by atoms with Crippen LogP contribution in [0.4, 0.5) is 11.4 Å². The fourth-order valence-electron chi connectivity index (χ4n) is 6.94. The molecule has 4 aromatic rings. The number of hydrogen-bond acceptors (Lipinski definition) is 5. The number of fused-ring (bicyclic) bond motifs is 3. The summed E-state index contributed by atoms with van der Waals surface area (Å²) in [5.41, 5.74) is 4.46. The summed E-state index contributed by atoms with van der Waals surface area (Å²) in [5, 5.41) is 31.5. The number of aliphatic carboxylic acids is 1. The third-order valence-electron chi connectivity index (χ3n) is 9.09. The maximum Gasteiger partial charge on any atom is 0.336 e. The van der Waals surface area contributed by atoms with E-state index in [2.05, 4.69) is 31.4 Å². The Morgan fingerprint density at radius 3 is 2.41 bits per heavy atom. The van der Waals surface area contributed by atoms with Crippen LogP contribution in [0.15, 0.2) is 72.8 Å². The number of carboxylic acid groups (broad SMARTS) is 2. The zero-order chi connectivity index (χ0) is 32.9. The highest BCUT2D eigenvalue weighted by Gasteiger charge is 2.39. The lowest BCUT2D eigenvalue weighted by Gasteiger charge is -2.32. The standard InChI is InChI=1S/C37H35ClN2O6/c1-21-20-37(2,3)40(15-7-10-34(42)43)30-18-32-27(16-26(21)30)35(24-8-5-6-9-25(24)36(44)45)28-17-29(38)31(19-33(28)46-32)39(4)22-11-13-23(41)14-12-22/h5-6,8-9,11-14,16-19,21H,7,10,15,20H2,1-4H3,(H2-,41,42,43,44,45)/p+1. The van der Waals surface area contributed by atoms with Gasteiger partial charge in [0.2, 0.25) is 5.36 Å². The highest BCUT2D eigenvalue weighted by atomic mass is 35.5.